The monoisotopic (exact) mass is 378 g/mol. The van der Waals surface area contributed by atoms with Gasteiger partial charge in [0.15, 0.2) is 0 Å². The first-order valence-corrected chi connectivity index (χ1v) is 7.32. The molecule has 4 nitrogen and oxygen atoms in total. The zero-order valence-corrected chi connectivity index (χ0v) is 13.7. The summed E-state index contributed by atoms with van der Waals surface area (Å²) in [5, 5.41) is 0. The minimum Gasteiger partial charge on any atom is -0.465 e. The normalized spacial score (nSPS) is 10.6. The second-order valence-electron chi connectivity index (χ2n) is 4.44. The van der Waals surface area contributed by atoms with Crippen molar-refractivity contribution >= 4 is 33.9 Å². The molecule has 0 heterocycles. The van der Waals surface area contributed by atoms with E-state index in [0.717, 1.165) is 0 Å². The molecule has 0 radical (unpaired) electrons. The Balaban J connectivity index is 2.05. The Hall–Kier alpha value is -2.47. The zero-order chi connectivity index (χ0) is 16.8. The van der Waals surface area contributed by atoms with Crippen molar-refractivity contribution in [3.05, 3.63) is 70.0 Å². The number of hydrogen-bond donors (Lipinski definition) is 0. The van der Waals surface area contributed by atoms with Crippen LogP contribution in [-0.2, 0) is 9.53 Å². The number of carbonyl (C=O) groups excluding carboxylic acids is 2. The van der Waals surface area contributed by atoms with Crippen LogP contribution in [0.2, 0.25) is 0 Å². The Bertz CT molecular complexity index is 754. The highest BCUT2D eigenvalue weighted by molar-refractivity contribution is 9.10. The molecule has 0 atom stereocenters. The lowest BCUT2D eigenvalue weighted by Crippen LogP contribution is -2.06. The maximum absolute atomic E-state index is 12.8. The van der Waals surface area contributed by atoms with Crippen LogP contribution in [-0.4, -0.2) is 19.0 Å². The average molecular weight is 379 g/mol. The largest absolute Gasteiger partial charge is 0.465 e. The third-order valence-electron chi connectivity index (χ3n) is 2.85. The van der Waals surface area contributed by atoms with Gasteiger partial charge in [0, 0.05) is 6.08 Å². The van der Waals surface area contributed by atoms with Crippen LogP contribution in [0.15, 0.2) is 53.0 Å². The van der Waals surface area contributed by atoms with E-state index in [1.165, 1.54) is 49.6 Å². The van der Waals surface area contributed by atoms with Gasteiger partial charge >= 0.3 is 11.9 Å². The highest BCUT2D eigenvalue weighted by Gasteiger charge is 2.11. The highest BCUT2D eigenvalue weighted by Crippen LogP contribution is 2.26. The Labute approximate surface area is 140 Å². The van der Waals surface area contributed by atoms with Crippen LogP contribution in [0.25, 0.3) is 6.08 Å². The SMILES string of the molecule is COC(=O)c1ccc(OC(=O)C=Cc2ccc(F)cc2)c(Br)c1. The van der Waals surface area contributed by atoms with Crippen molar-refractivity contribution in [2.45, 2.75) is 0 Å². The lowest BCUT2D eigenvalue weighted by Gasteiger charge is -2.06. The maximum atomic E-state index is 12.8. The van der Waals surface area contributed by atoms with Crippen LogP contribution in [0.3, 0.4) is 0 Å². The van der Waals surface area contributed by atoms with E-state index in [1.54, 1.807) is 12.1 Å². The van der Waals surface area contributed by atoms with E-state index in [9.17, 15) is 14.0 Å². The molecule has 23 heavy (non-hydrogen) atoms. The highest BCUT2D eigenvalue weighted by atomic mass is 79.9. The second kappa shape index (κ2) is 7.69. The molecule has 0 aliphatic carbocycles. The van der Waals surface area contributed by atoms with Gasteiger partial charge in [-0.05, 0) is 57.9 Å². The first kappa shape index (κ1) is 16.9. The number of rotatable bonds is 4. The number of ether oxygens (including phenoxy) is 2. The summed E-state index contributed by atoms with van der Waals surface area (Å²) in [4.78, 5) is 23.2. The smallest absolute Gasteiger partial charge is 0.337 e. The first-order chi connectivity index (χ1) is 11.0. The molecule has 6 heteroatoms. The van der Waals surface area contributed by atoms with E-state index in [-0.39, 0.29) is 11.6 Å². The summed E-state index contributed by atoms with van der Waals surface area (Å²) < 4.78 is 23.0. The average Bonchev–Trinajstić information content (AvgIpc) is 2.55. The Kier molecular flexibility index (Phi) is 5.65. The third-order valence-corrected chi connectivity index (χ3v) is 3.47. The summed E-state index contributed by atoms with van der Waals surface area (Å²) in [6, 6.07) is 10.2. The van der Waals surface area contributed by atoms with Crippen molar-refractivity contribution in [2.75, 3.05) is 7.11 Å². The molecule has 0 unspecified atom stereocenters. The van der Waals surface area contributed by atoms with Gasteiger partial charge in [-0.2, -0.15) is 0 Å². The van der Waals surface area contributed by atoms with Crippen molar-refractivity contribution in [3.8, 4) is 5.75 Å². The Morgan fingerprint density at radius 1 is 1.13 bits per heavy atom. The molecule has 0 saturated carbocycles. The van der Waals surface area contributed by atoms with E-state index >= 15 is 0 Å². The molecule has 0 fully saturated rings. The van der Waals surface area contributed by atoms with E-state index in [4.69, 9.17) is 4.74 Å². The first-order valence-electron chi connectivity index (χ1n) is 6.53. The summed E-state index contributed by atoms with van der Waals surface area (Å²) in [6.45, 7) is 0. The standard InChI is InChI=1S/C17H12BrFO4/c1-22-17(21)12-5-8-15(14(18)10-12)23-16(20)9-4-11-2-6-13(19)7-3-11/h2-10H,1H3. The van der Waals surface area contributed by atoms with Crippen LogP contribution >= 0.6 is 15.9 Å². The van der Waals surface area contributed by atoms with Crippen LogP contribution in [0.1, 0.15) is 15.9 Å². The lowest BCUT2D eigenvalue weighted by molar-refractivity contribution is -0.128. The number of carbonyl (C=O) groups is 2. The predicted molar refractivity (Wildman–Crippen MR) is 86.6 cm³/mol. The van der Waals surface area contributed by atoms with Crippen LogP contribution in [0, 0.1) is 5.82 Å². The number of hydrogen-bond acceptors (Lipinski definition) is 4. The summed E-state index contributed by atoms with van der Waals surface area (Å²) in [5.41, 5.74) is 1.00. The summed E-state index contributed by atoms with van der Waals surface area (Å²) in [7, 11) is 1.28. The molecule has 0 spiro atoms. The predicted octanol–water partition coefficient (Wildman–Crippen LogP) is 3.99. The van der Waals surface area contributed by atoms with Crippen LogP contribution < -0.4 is 4.74 Å². The van der Waals surface area contributed by atoms with Gasteiger partial charge in [-0.1, -0.05) is 12.1 Å². The zero-order valence-electron chi connectivity index (χ0n) is 12.1. The number of benzene rings is 2. The third kappa shape index (κ3) is 4.75. The molecule has 0 bridgehead atoms. The summed E-state index contributed by atoms with van der Waals surface area (Å²) >= 11 is 3.23. The summed E-state index contributed by atoms with van der Waals surface area (Å²) in [5.74, 6) is -1.16. The number of esters is 2. The minimum atomic E-state index is -0.596. The van der Waals surface area contributed by atoms with Crippen molar-refractivity contribution in [1.29, 1.82) is 0 Å². The van der Waals surface area contributed by atoms with E-state index in [2.05, 4.69) is 20.7 Å². The molecule has 0 aromatic heterocycles. The van der Waals surface area contributed by atoms with Crippen LogP contribution in [0.4, 0.5) is 4.39 Å². The topological polar surface area (TPSA) is 52.6 Å². The van der Waals surface area contributed by atoms with Gasteiger partial charge in [-0.3, -0.25) is 0 Å². The van der Waals surface area contributed by atoms with Crippen molar-refractivity contribution in [3.63, 3.8) is 0 Å². The van der Waals surface area contributed by atoms with Crippen molar-refractivity contribution in [2.24, 2.45) is 0 Å². The molecular weight excluding hydrogens is 367 g/mol. The fraction of sp³-hybridized carbons (Fsp3) is 0.0588. The molecule has 0 saturated heterocycles. The van der Waals surface area contributed by atoms with Gasteiger partial charge in [-0.15, -0.1) is 0 Å². The molecule has 0 N–H and O–H groups in total. The van der Waals surface area contributed by atoms with Gasteiger partial charge in [0.2, 0.25) is 0 Å². The van der Waals surface area contributed by atoms with Crippen molar-refractivity contribution < 1.29 is 23.5 Å². The lowest BCUT2D eigenvalue weighted by atomic mass is 10.2. The van der Waals surface area contributed by atoms with Crippen molar-refractivity contribution in [1.82, 2.24) is 0 Å². The van der Waals surface area contributed by atoms with Gasteiger partial charge in [0.1, 0.15) is 11.6 Å². The van der Waals surface area contributed by atoms with E-state index < -0.39 is 11.9 Å². The van der Waals surface area contributed by atoms with Crippen LogP contribution in [0.5, 0.6) is 5.75 Å². The fourth-order valence-electron chi connectivity index (χ4n) is 1.71. The van der Waals surface area contributed by atoms with Gasteiger partial charge in [0.05, 0.1) is 17.1 Å². The fourth-order valence-corrected chi connectivity index (χ4v) is 2.17. The summed E-state index contributed by atoms with van der Waals surface area (Å²) in [6.07, 6.45) is 2.74. The number of halogens is 2. The molecule has 0 aliphatic rings. The Morgan fingerprint density at radius 3 is 2.43 bits per heavy atom. The quantitative estimate of drug-likeness (QED) is 0.458. The van der Waals surface area contributed by atoms with E-state index in [1.807, 2.05) is 0 Å². The second-order valence-corrected chi connectivity index (χ2v) is 5.30. The molecular formula is C17H12BrFO4. The molecule has 0 aliphatic heterocycles. The minimum absolute atomic E-state index is 0.270. The molecule has 0 amide bonds. The molecule has 2 rings (SSSR count). The molecule has 2 aromatic carbocycles. The Morgan fingerprint density at radius 2 is 1.83 bits per heavy atom. The van der Waals surface area contributed by atoms with Gasteiger partial charge in [-0.25, -0.2) is 14.0 Å². The van der Waals surface area contributed by atoms with Gasteiger partial charge in [0.25, 0.3) is 0 Å². The van der Waals surface area contributed by atoms with Gasteiger partial charge < -0.3 is 9.47 Å². The van der Waals surface area contributed by atoms with E-state index in [0.29, 0.717) is 15.6 Å². The molecule has 118 valence electrons. The molecule has 2 aromatic rings. The maximum Gasteiger partial charge on any atom is 0.337 e. The number of methoxy groups -OCH3 is 1.